The number of hydrogen-bond acceptors (Lipinski definition) is 6. The molecular formula is C25H33N5O. The largest absolute Gasteiger partial charge is 0.389 e. The van der Waals surface area contributed by atoms with Gasteiger partial charge in [0.1, 0.15) is 5.82 Å². The zero-order valence-electron chi connectivity index (χ0n) is 18.7. The maximum absolute atomic E-state index is 9.64. The van der Waals surface area contributed by atoms with Crippen LogP contribution in [0.3, 0.4) is 0 Å². The van der Waals surface area contributed by atoms with E-state index in [4.69, 9.17) is 9.97 Å². The third-order valence-corrected chi connectivity index (χ3v) is 6.12. The Kier molecular flexibility index (Phi) is 6.68. The number of para-hydroxylation sites is 1. The molecule has 1 atom stereocenters. The Morgan fingerprint density at radius 3 is 2.32 bits per heavy atom. The summed E-state index contributed by atoms with van der Waals surface area (Å²) in [7, 11) is 4.04. The molecule has 0 bridgehead atoms. The zero-order valence-corrected chi connectivity index (χ0v) is 18.7. The van der Waals surface area contributed by atoms with Crippen molar-refractivity contribution in [1.82, 2.24) is 15.3 Å². The first-order chi connectivity index (χ1) is 15.0. The van der Waals surface area contributed by atoms with Crippen molar-refractivity contribution in [3.63, 3.8) is 0 Å². The van der Waals surface area contributed by atoms with Crippen LogP contribution in [0.25, 0.3) is 10.9 Å². The molecule has 0 amide bonds. The van der Waals surface area contributed by atoms with Crippen LogP contribution in [0.1, 0.15) is 49.8 Å². The third kappa shape index (κ3) is 5.32. The number of aromatic nitrogens is 2. The van der Waals surface area contributed by atoms with Crippen LogP contribution in [-0.4, -0.2) is 41.3 Å². The van der Waals surface area contributed by atoms with Crippen molar-refractivity contribution in [3.8, 4) is 0 Å². The van der Waals surface area contributed by atoms with Crippen LogP contribution < -0.4 is 15.5 Å². The van der Waals surface area contributed by atoms with Gasteiger partial charge in [-0.2, -0.15) is 4.98 Å². The van der Waals surface area contributed by atoms with Gasteiger partial charge in [0.25, 0.3) is 0 Å². The predicted octanol–water partition coefficient (Wildman–Crippen LogP) is 4.26. The number of aliphatic hydroxyl groups excluding tert-OH is 1. The molecule has 1 saturated carbocycles. The predicted molar refractivity (Wildman–Crippen MR) is 127 cm³/mol. The molecule has 6 nitrogen and oxygen atoms in total. The minimum absolute atomic E-state index is 0.402. The number of hydrogen-bond donors (Lipinski definition) is 3. The molecular weight excluding hydrogens is 386 g/mol. The fourth-order valence-electron chi connectivity index (χ4n) is 4.27. The molecule has 31 heavy (non-hydrogen) atoms. The van der Waals surface area contributed by atoms with E-state index in [2.05, 4.69) is 28.8 Å². The molecule has 3 N–H and O–H groups in total. The smallest absolute Gasteiger partial charge is 0.225 e. The Labute approximate surface area is 184 Å². The Balaban J connectivity index is 1.31. The minimum Gasteiger partial charge on any atom is -0.389 e. The molecule has 0 saturated heterocycles. The normalized spacial score (nSPS) is 19.9. The fraction of sp³-hybridized carbons (Fsp3) is 0.440. The highest BCUT2D eigenvalue weighted by Gasteiger charge is 2.22. The molecule has 2 aromatic carbocycles. The quantitative estimate of drug-likeness (QED) is 0.531. The average molecular weight is 420 g/mol. The van der Waals surface area contributed by atoms with Gasteiger partial charge in [0.2, 0.25) is 5.95 Å². The van der Waals surface area contributed by atoms with Crippen molar-refractivity contribution in [2.45, 2.75) is 57.3 Å². The molecule has 1 aromatic heterocycles. The van der Waals surface area contributed by atoms with Crippen LogP contribution in [0.5, 0.6) is 0 Å². The van der Waals surface area contributed by atoms with E-state index < -0.39 is 6.10 Å². The summed E-state index contributed by atoms with van der Waals surface area (Å²) < 4.78 is 0. The molecule has 1 aliphatic carbocycles. The van der Waals surface area contributed by atoms with E-state index in [9.17, 15) is 5.11 Å². The Morgan fingerprint density at radius 1 is 0.968 bits per heavy atom. The highest BCUT2D eigenvalue weighted by molar-refractivity contribution is 5.90. The lowest BCUT2D eigenvalue weighted by Crippen LogP contribution is -2.37. The van der Waals surface area contributed by atoms with Crippen LogP contribution in [-0.2, 0) is 6.54 Å². The van der Waals surface area contributed by atoms with Crippen molar-refractivity contribution < 1.29 is 5.11 Å². The number of benzene rings is 2. The lowest BCUT2D eigenvalue weighted by molar-refractivity contribution is 0.199. The maximum atomic E-state index is 9.64. The van der Waals surface area contributed by atoms with Crippen molar-refractivity contribution in [3.05, 3.63) is 59.7 Å². The van der Waals surface area contributed by atoms with Crippen LogP contribution in [0.4, 0.5) is 11.8 Å². The summed E-state index contributed by atoms with van der Waals surface area (Å²) in [4.78, 5) is 11.6. The van der Waals surface area contributed by atoms with E-state index in [-0.39, 0.29) is 0 Å². The van der Waals surface area contributed by atoms with E-state index in [1.165, 1.54) is 5.56 Å². The summed E-state index contributed by atoms with van der Waals surface area (Å²) in [6.45, 7) is 2.66. The summed E-state index contributed by atoms with van der Waals surface area (Å²) in [6, 6.07) is 17.3. The monoisotopic (exact) mass is 419 g/mol. The standard InChI is InChI=1S/C25H33N5O/c1-17(31)19-10-8-18(9-11-19)16-26-20-12-14-21(15-13-20)27-25-28-23-7-5-4-6-22(23)24(29-25)30(2)3/h4-11,17,20-21,26,31H,12-16H2,1-3H3,(H,27,28,29). The van der Waals surface area contributed by atoms with Crippen molar-refractivity contribution in [1.29, 1.82) is 0 Å². The van der Waals surface area contributed by atoms with E-state index >= 15 is 0 Å². The first-order valence-electron chi connectivity index (χ1n) is 11.2. The number of fused-ring (bicyclic) bond motifs is 1. The Hall–Kier alpha value is -2.70. The van der Waals surface area contributed by atoms with Gasteiger partial charge in [-0.3, -0.25) is 0 Å². The summed E-state index contributed by atoms with van der Waals surface area (Å²) >= 11 is 0. The lowest BCUT2D eigenvalue weighted by atomic mass is 9.91. The van der Waals surface area contributed by atoms with Crippen LogP contribution >= 0.6 is 0 Å². The molecule has 4 rings (SSSR count). The van der Waals surface area contributed by atoms with E-state index in [1.807, 2.05) is 49.3 Å². The number of aliphatic hydroxyl groups is 1. The second-order valence-corrected chi connectivity index (χ2v) is 8.77. The third-order valence-electron chi connectivity index (χ3n) is 6.12. The molecule has 0 radical (unpaired) electrons. The second-order valence-electron chi connectivity index (χ2n) is 8.77. The molecule has 0 aliphatic heterocycles. The lowest BCUT2D eigenvalue weighted by Gasteiger charge is -2.30. The number of nitrogens with zero attached hydrogens (tertiary/aromatic N) is 3. The van der Waals surface area contributed by atoms with Crippen molar-refractivity contribution >= 4 is 22.7 Å². The van der Waals surface area contributed by atoms with Gasteiger partial charge < -0.3 is 20.6 Å². The van der Waals surface area contributed by atoms with E-state index in [0.717, 1.165) is 60.5 Å². The Bertz CT molecular complexity index is 994. The second kappa shape index (κ2) is 9.62. The van der Waals surface area contributed by atoms with E-state index in [0.29, 0.717) is 12.1 Å². The average Bonchev–Trinajstić information content (AvgIpc) is 2.78. The van der Waals surface area contributed by atoms with Crippen molar-refractivity contribution in [2.75, 3.05) is 24.3 Å². The molecule has 164 valence electrons. The van der Waals surface area contributed by atoms with Gasteiger partial charge in [-0.1, -0.05) is 36.4 Å². The summed E-state index contributed by atoms with van der Waals surface area (Å²) in [5, 5.41) is 18.0. The van der Waals surface area contributed by atoms with Gasteiger partial charge in [-0.15, -0.1) is 0 Å². The van der Waals surface area contributed by atoms with Crippen LogP contribution in [0.2, 0.25) is 0 Å². The first-order valence-corrected chi connectivity index (χ1v) is 11.2. The van der Waals surface area contributed by atoms with Crippen LogP contribution in [0, 0.1) is 0 Å². The van der Waals surface area contributed by atoms with Gasteiger partial charge in [0.15, 0.2) is 0 Å². The molecule has 6 heteroatoms. The molecule has 1 aliphatic rings. The van der Waals surface area contributed by atoms with Crippen molar-refractivity contribution in [2.24, 2.45) is 0 Å². The van der Waals surface area contributed by atoms with Gasteiger partial charge >= 0.3 is 0 Å². The molecule has 1 heterocycles. The number of nitrogens with one attached hydrogen (secondary N) is 2. The van der Waals surface area contributed by atoms with Gasteiger partial charge in [-0.05, 0) is 55.9 Å². The highest BCUT2D eigenvalue weighted by Crippen LogP contribution is 2.26. The Morgan fingerprint density at radius 2 is 1.65 bits per heavy atom. The van der Waals surface area contributed by atoms with Gasteiger partial charge in [-0.25, -0.2) is 4.98 Å². The molecule has 1 fully saturated rings. The zero-order chi connectivity index (χ0) is 21.8. The SMILES string of the molecule is CC(O)c1ccc(CNC2CCC(Nc3nc(N(C)C)c4ccccc4n3)CC2)cc1. The minimum atomic E-state index is -0.412. The maximum Gasteiger partial charge on any atom is 0.225 e. The van der Waals surface area contributed by atoms with Gasteiger partial charge in [0, 0.05) is 38.1 Å². The number of rotatable bonds is 7. The molecule has 0 spiro atoms. The van der Waals surface area contributed by atoms with E-state index in [1.54, 1.807) is 6.92 Å². The molecule has 3 aromatic rings. The van der Waals surface area contributed by atoms with Gasteiger partial charge in [0.05, 0.1) is 11.6 Å². The summed E-state index contributed by atoms with van der Waals surface area (Å²) in [6.07, 6.45) is 4.07. The highest BCUT2D eigenvalue weighted by atomic mass is 16.3. The van der Waals surface area contributed by atoms with Crippen LogP contribution in [0.15, 0.2) is 48.5 Å². The summed E-state index contributed by atoms with van der Waals surface area (Å²) in [5.74, 6) is 1.67. The fourth-order valence-corrected chi connectivity index (χ4v) is 4.27. The topological polar surface area (TPSA) is 73.3 Å². The first kappa shape index (κ1) is 21.5. The summed E-state index contributed by atoms with van der Waals surface area (Å²) in [5.41, 5.74) is 3.19. The number of anilines is 2. The molecule has 1 unspecified atom stereocenters.